The summed E-state index contributed by atoms with van der Waals surface area (Å²) in [7, 11) is 1.37. The fourth-order valence-corrected chi connectivity index (χ4v) is 1.23. The van der Waals surface area contributed by atoms with E-state index in [0.29, 0.717) is 5.56 Å². The Morgan fingerprint density at radius 2 is 2.00 bits per heavy atom. The highest BCUT2D eigenvalue weighted by Gasteiger charge is 2.12. The second-order valence-corrected chi connectivity index (χ2v) is 3.34. The molecule has 6 heteroatoms. The number of phenolic OH excluding ortho intramolecular Hbond substituents is 1. The van der Waals surface area contributed by atoms with Crippen LogP contribution in [0.3, 0.4) is 0 Å². The summed E-state index contributed by atoms with van der Waals surface area (Å²) in [6.07, 6.45) is 1.16. The van der Waals surface area contributed by atoms with Gasteiger partial charge in [-0.05, 0) is 23.8 Å². The predicted molar refractivity (Wildman–Crippen MR) is 62.0 cm³/mol. The molecule has 0 atom stereocenters. The third kappa shape index (κ3) is 3.51. The van der Waals surface area contributed by atoms with Crippen LogP contribution in [0.5, 0.6) is 11.5 Å². The number of esters is 1. The number of carboxylic acids is 1. The molecule has 0 aliphatic rings. The standard InChI is InChI=1S/C12H12O6/c1-7(13)18-11(12(15)16)6-8-3-4-9(14)10(5-8)17-2/h3-6,14H,1-2H3,(H,15,16)/b11-6+. The molecule has 0 fully saturated rings. The van der Waals surface area contributed by atoms with Crippen molar-refractivity contribution in [1.82, 2.24) is 0 Å². The lowest BCUT2D eigenvalue weighted by molar-refractivity contribution is -0.146. The lowest BCUT2D eigenvalue weighted by atomic mass is 10.2. The second kappa shape index (κ2) is 5.72. The molecule has 2 N–H and O–H groups in total. The summed E-state index contributed by atoms with van der Waals surface area (Å²) in [6.45, 7) is 1.11. The molecule has 18 heavy (non-hydrogen) atoms. The highest BCUT2D eigenvalue weighted by Crippen LogP contribution is 2.27. The van der Waals surface area contributed by atoms with Crippen LogP contribution in [-0.4, -0.2) is 29.3 Å². The van der Waals surface area contributed by atoms with Gasteiger partial charge in [0.05, 0.1) is 7.11 Å². The molecule has 0 spiro atoms. The summed E-state index contributed by atoms with van der Waals surface area (Å²) >= 11 is 0. The van der Waals surface area contributed by atoms with Gasteiger partial charge in [-0.25, -0.2) is 4.79 Å². The predicted octanol–water partition coefficient (Wildman–Crippen LogP) is 1.39. The van der Waals surface area contributed by atoms with E-state index in [1.807, 2.05) is 0 Å². The number of ether oxygens (including phenoxy) is 2. The third-order valence-corrected chi connectivity index (χ3v) is 1.97. The molecule has 0 aliphatic carbocycles. The van der Waals surface area contributed by atoms with Crippen molar-refractivity contribution in [2.75, 3.05) is 7.11 Å². The largest absolute Gasteiger partial charge is 0.504 e. The fourth-order valence-electron chi connectivity index (χ4n) is 1.23. The zero-order valence-electron chi connectivity index (χ0n) is 9.84. The molecule has 0 saturated carbocycles. The summed E-state index contributed by atoms with van der Waals surface area (Å²) in [5.41, 5.74) is 0.420. The van der Waals surface area contributed by atoms with Crippen LogP contribution in [-0.2, 0) is 14.3 Å². The average Bonchev–Trinajstić information content (AvgIpc) is 2.29. The maximum Gasteiger partial charge on any atom is 0.371 e. The normalized spacial score (nSPS) is 10.9. The number of aromatic hydroxyl groups is 1. The van der Waals surface area contributed by atoms with Crippen molar-refractivity contribution in [3.8, 4) is 11.5 Å². The number of phenols is 1. The molecule has 0 saturated heterocycles. The third-order valence-electron chi connectivity index (χ3n) is 1.97. The van der Waals surface area contributed by atoms with Crippen LogP contribution < -0.4 is 4.74 Å². The lowest BCUT2D eigenvalue weighted by Gasteiger charge is -2.05. The minimum Gasteiger partial charge on any atom is -0.504 e. The zero-order valence-corrected chi connectivity index (χ0v) is 9.84. The Morgan fingerprint density at radius 1 is 1.33 bits per heavy atom. The first-order chi connectivity index (χ1) is 8.43. The number of carbonyl (C=O) groups is 2. The molecule has 0 aromatic heterocycles. The first kappa shape index (κ1) is 13.6. The first-order valence-corrected chi connectivity index (χ1v) is 4.94. The van der Waals surface area contributed by atoms with Gasteiger partial charge in [0, 0.05) is 6.92 Å². The van der Waals surface area contributed by atoms with E-state index in [4.69, 9.17) is 9.84 Å². The second-order valence-electron chi connectivity index (χ2n) is 3.34. The Hall–Kier alpha value is -2.50. The van der Waals surface area contributed by atoms with E-state index in [2.05, 4.69) is 4.74 Å². The molecule has 0 aliphatic heterocycles. The number of benzene rings is 1. The van der Waals surface area contributed by atoms with Crippen molar-refractivity contribution in [2.24, 2.45) is 0 Å². The maximum absolute atomic E-state index is 10.8. The SMILES string of the molecule is COc1cc(/C=C(/OC(C)=O)C(=O)O)ccc1O. The molecule has 1 rings (SSSR count). The molecule has 0 unspecified atom stereocenters. The van der Waals surface area contributed by atoms with Gasteiger partial charge in [0.15, 0.2) is 11.5 Å². The summed E-state index contributed by atoms with van der Waals surface area (Å²) in [5.74, 6) is -2.47. The Balaban J connectivity index is 3.11. The molecule has 1 aromatic carbocycles. The molecular formula is C12H12O6. The minimum absolute atomic E-state index is 0.0704. The van der Waals surface area contributed by atoms with Crippen molar-refractivity contribution >= 4 is 18.0 Å². The van der Waals surface area contributed by atoms with Crippen LogP contribution >= 0.6 is 0 Å². The van der Waals surface area contributed by atoms with Gasteiger partial charge in [0.2, 0.25) is 5.76 Å². The van der Waals surface area contributed by atoms with Crippen LogP contribution in [0.4, 0.5) is 0 Å². The summed E-state index contributed by atoms with van der Waals surface area (Å²) in [5, 5.41) is 18.2. The minimum atomic E-state index is -1.36. The molecule has 6 nitrogen and oxygen atoms in total. The number of methoxy groups -OCH3 is 1. The number of hydrogen-bond acceptors (Lipinski definition) is 5. The molecule has 96 valence electrons. The summed E-state index contributed by atoms with van der Waals surface area (Å²) in [6, 6.07) is 4.23. The van der Waals surface area contributed by atoms with Crippen LogP contribution in [0.2, 0.25) is 0 Å². The fraction of sp³-hybridized carbons (Fsp3) is 0.167. The number of aliphatic carboxylic acids is 1. The number of carboxylic acid groups (broad SMARTS) is 1. The number of rotatable bonds is 4. The van der Waals surface area contributed by atoms with Gasteiger partial charge >= 0.3 is 11.9 Å². The van der Waals surface area contributed by atoms with Crippen LogP contribution in [0.25, 0.3) is 6.08 Å². The van der Waals surface area contributed by atoms with Crippen molar-refractivity contribution in [2.45, 2.75) is 6.92 Å². The van der Waals surface area contributed by atoms with Crippen molar-refractivity contribution in [3.63, 3.8) is 0 Å². The van der Waals surface area contributed by atoms with E-state index in [-0.39, 0.29) is 11.5 Å². The van der Waals surface area contributed by atoms with E-state index >= 15 is 0 Å². The molecular weight excluding hydrogens is 240 g/mol. The van der Waals surface area contributed by atoms with Crippen LogP contribution in [0.1, 0.15) is 12.5 Å². The highest BCUT2D eigenvalue weighted by molar-refractivity contribution is 5.92. The zero-order chi connectivity index (χ0) is 13.7. The Morgan fingerprint density at radius 3 is 2.50 bits per heavy atom. The van der Waals surface area contributed by atoms with Crippen molar-refractivity contribution in [1.29, 1.82) is 0 Å². The average molecular weight is 252 g/mol. The Kier molecular flexibility index (Phi) is 4.31. The summed E-state index contributed by atoms with van der Waals surface area (Å²) in [4.78, 5) is 21.6. The Bertz CT molecular complexity index is 503. The number of hydrogen-bond donors (Lipinski definition) is 2. The molecule has 0 heterocycles. The van der Waals surface area contributed by atoms with Gasteiger partial charge in [-0.2, -0.15) is 0 Å². The van der Waals surface area contributed by atoms with Gasteiger partial charge in [0.1, 0.15) is 0 Å². The topological polar surface area (TPSA) is 93.1 Å². The van der Waals surface area contributed by atoms with E-state index in [1.165, 1.54) is 25.3 Å². The van der Waals surface area contributed by atoms with Gasteiger partial charge in [-0.1, -0.05) is 6.07 Å². The van der Waals surface area contributed by atoms with Gasteiger partial charge in [-0.15, -0.1) is 0 Å². The van der Waals surface area contributed by atoms with Gasteiger partial charge in [-0.3, -0.25) is 4.79 Å². The van der Waals surface area contributed by atoms with Gasteiger partial charge < -0.3 is 19.7 Å². The highest BCUT2D eigenvalue weighted by atomic mass is 16.6. The Labute approximate surface area is 103 Å². The van der Waals surface area contributed by atoms with Crippen molar-refractivity contribution < 1.29 is 29.3 Å². The van der Waals surface area contributed by atoms with E-state index < -0.39 is 17.7 Å². The van der Waals surface area contributed by atoms with Crippen LogP contribution in [0, 0.1) is 0 Å². The van der Waals surface area contributed by atoms with Gasteiger partial charge in [0.25, 0.3) is 0 Å². The number of carbonyl (C=O) groups excluding carboxylic acids is 1. The van der Waals surface area contributed by atoms with E-state index in [0.717, 1.165) is 13.0 Å². The molecule has 0 amide bonds. The first-order valence-electron chi connectivity index (χ1n) is 4.94. The lowest BCUT2D eigenvalue weighted by Crippen LogP contribution is -2.08. The molecule has 0 bridgehead atoms. The molecule has 1 aromatic rings. The summed E-state index contributed by atoms with van der Waals surface area (Å²) < 4.78 is 9.41. The molecule has 0 radical (unpaired) electrons. The van der Waals surface area contributed by atoms with E-state index in [1.54, 1.807) is 0 Å². The van der Waals surface area contributed by atoms with Crippen molar-refractivity contribution in [3.05, 3.63) is 29.5 Å². The monoisotopic (exact) mass is 252 g/mol. The maximum atomic E-state index is 10.8. The van der Waals surface area contributed by atoms with E-state index in [9.17, 15) is 14.7 Å². The smallest absolute Gasteiger partial charge is 0.371 e. The quantitative estimate of drug-likeness (QED) is 0.478. The van der Waals surface area contributed by atoms with Crippen LogP contribution in [0.15, 0.2) is 24.0 Å².